The van der Waals surface area contributed by atoms with Crippen molar-refractivity contribution in [2.45, 2.75) is 20.3 Å². The molecule has 0 atom stereocenters. The highest BCUT2D eigenvalue weighted by Gasteiger charge is 2.20. The highest BCUT2D eigenvalue weighted by molar-refractivity contribution is 5.99. The number of carbonyl (C=O) groups is 2. The summed E-state index contributed by atoms with van der Waals surface area (Å²) in [5.74, 6) is -0.467. The van der Waals surface area contributed by atoms with Gasteiger partial charge in [-0.3, -0.25) is 4.79 Å². The topological polar surface area (TPSA) is 67.9 Å². The van der Waals surface area contributed by atoms with Gasteiger partial charge in [-0.15, -0.1) is 0 Å². The van der Waals surface area contributed by atoms with Crippen molar-refractivity contribution < 1.29 is 19.1 Å². The standard InChI is InChI=1S/C16H22N2O4/c1-3-15(19)17-12-5-6-14(18-7-9-21-10-8-18)13(11-12)16(20)22-4-2/h5-6,11H,3-4,7-10H2,1-2H3,(H,17,19). The fourth-order valence-corrected chi connectivity index (χ4v) is 2.32. The number of rotatable bonds is 5. The number of nitrogens with one attached hydrogen (secondary N) is 1. The van der Waals surface area contributed by atoms with Gasteiger partial charge in [0.25, 0.3) is 0 Å². The molecule has 1 aromatic carbocycles. The van der Waals surface area contributed by atoms with Crippen LogP contribution in [0.15, 0.2) is 18.2 Å². The minimum Gasteiger partial charge on any atom is -0.462 e. The summed E-state index contributed by atoms with van der Waals surface area (Å²) >= 11 is 0. The van der Waals surface area contributed by atoms with Crippen LogP contribution in [0.25, 0.3) is 0 Å². The van der Waals surface area contributed by atoms with E-state index in [1.54, 1.807) is 26.0 Å². The quantitative estimate of drug-likeness (QED) is 0.843. The lowest BCUT2D eigenvalue weighted by Crippen LogP contribution is -2.37. The van der Waals surface area contributed by atoms with E-state index in [1.807, 2.05) is 6.07 Å². The van der Waals surface area contributed by atoms with E-state index in [4.69, 9.17) is 9.47 Å². The van der Waals surface area contributed by atoms with Crippen molar-refractivity contribution in [2.24, 2.45) is 0 Å². The van der Waals surface area contributed by atoms with Crippen LogP contribution in [0.5, 0.6) is 0 Å². The molecule has 1 aliphatic heterocycles. The van der Waals surface area contributed by atoms with E-state index >= 15 is 0 Å². The zero-order chi connectivity index (χ0) is 15.9. The molecule has 0 aliphatic carbocycles. The molecule has 2 rings (SSSR count). The number of benzene rings is 1. The van der Waals surface area contributed by atoms with Crippen LogP contribution in [0.4, 0.5) is 11.4 Å². The summed E-state index contributed by atoms with van der Waals surface area (Å²) in [6.07, 6.45) is 0.389. The largest absolute Gasteiger partial charge is 0.462 e. The molecule has 0 bridgehead atoms. The Kier molecular flexibility index (Phi) is 5.77. The zero-order valence-corrected chi connectivity index (χ0v) is 13.1. The van der Waals surface area contributed by atoms with Crippen molar-refractivity contribution >= 4 is 23.3 Å². The van der Waals surface area contributed by atoms with Gasteiger partial charge < -0.3 is 19.7 Å². The summed E-state index contributed by atoms with van der Waals surface area (Å²) in [4.78, 5) is 25.8. The summed E-state index contributed by atoms with van der Waals surface area (Å²) in [6.45, 7) is 6.60. The highest BCUT2D eigenvalue weighted by atomic mass is 16.5. The number of morpholine rings is 1. The normalized spacial score (nSPS) is 14.5. The van der Waals surface area contributed by atoms with Crippen LogP contribution in [0, 0.1) is 0 Å². The number of ether oxygens (including phenoxy) is 2. The van der Waals surface area contributed by atoms with Crippen molar-refractivity contribution in [2.75, 3.05) is 43.1 Å². The van der Waals surface area contributed by atoms with E-state index in [0.29, 0.717) is 37.5 Å². The van der Waals surface area contributed by atoms with Crippen molar-refractivity contribution in [1.29, 1.82) is 0 Å². The zero-order valence-electron chi connectivity index (χ0n) is 13.1. The van der Waals surface area contributed by atoms with Gasteiger partial charge in [-0.1, -0.05) is 6.92 Å². The fraction of sp³-hybridized carbons (Fsp3) is 0.500. The van der Waals surface area contributed by atoms with Crippen molar-refractivity contribution in [3.8, 4) is 0 Å². The van der Waals surface area contributed by atoms with Gasteiger partial charge in [0.05, 0.1) is 31.1 Å². The Morgan fingerprint density at radius 2 is 2.00 bits per heavy atom. The third-order valence-electron chi connectivity index (χ3n) is 3.45. The van der Waals surface area contributed by atoms with Gasteiger partial charge in [-0.2, -0.15) is 0 Å². The molecule has 22 heavy (non-hydrogen) atoms. The third-order valence-corrected chi connectivity index (χ3v) is 3.45. The Labute approximate surface area is 130 Å². The molecule has 0 aromatic heterocycles. The summed E-state index contributed by atoms with van der Waals surface area (Å²) in [5.41, 5.74) is 1.89. The first-order valence-electron chi connectivity index (χ1n) is 7.59. The number of hydrogen-bond donors (Lipinski definition) is 1. The van der Waals surface area contributed by atoms with Gasteiger partial charge in [0.1, 0.15) is 0 Å². The van der Waals surface area contributed by atoms with Crippen LogP contribution in [0.2, 0.25) is 0 Å². The molecule has 0 saturated carbocycles. The minimum absolute atomic E-state index is 0.0890. The second-order valence-electron chi connectivity index (χ2n) is 4.95. The monoisotopic (exact) mass is 306 g/mol. The second-order valence-corrected chi connectivity index (χ2v) is 4.95. The number of nitrogens with zero attached hydrogens (tertiary/aromatic N) is 1. The molecule has 120 valence electrons. The van der Waals surface area contributed by atoms with E-state index < -0.39 is 0 Å². The molecule has 1 aromatic rings. The van der Waals surface area contributed by atoms with Crippen LogP contribution in [0.1, 0.15) is 30.6 Å². The molecule has 1 aliphatic rings. The molecule has 1 heterocycles. The molecule has 1 N–H and O–H groups in total. The molecule has 6 heteroatoms. The lowest BCUT2D eigenvalue weighted by molar-refractivity contribution is -0.115. The van der Waals surface area contributed by atoms with Crippen molar-refractivity contribution in [3.63, 3.8) is 0 Å². The number of carbonyl (C=O) groups excluding carboxylic acids is 2. The first-order valence-corrected chi connectivity index (χ1v) is 7.59. The molecule has 6 nitrogen and oxygen atoms in total. The van der Waals surface area contributed by atoms with E-state index in [0.717, 1.165) is 18.8 Å². The number of anilines is 2. The van der Waals surface area contributed by atoms with E-state index in [2.05, 4.69) is 10.2 Å². The third kappa shape index (κ3) is 3.98. The summed E-state index contributed by atoms with van der Waals surface area (Å²) in [7, 11) is 0. The predicted molar refractivity (Wildman–Crippen MR) is 84.4 cm³/mol. The lowest BCUT2D eigenvalue weighted by Gasteiger charge is -2.30. The molecule has 1 saturated heterocycles. The average molecular weight is 306 g/mol. The van der Waals surface area contributed by atoms with Crippen molar-refractivity contribution in [1.82, 2.24) is 0 Å². The molecular formula is C16H22N2O4. The predicted octanol–water partition coefficient (Wildman–Crippen LogP) is 2.05. The Morgan fingerprint density at radius 1 is 1.27 bits per heavy atom. The smallest absolute Gasteiger partial charge is 0.340 e. The fourth-order valence-electron chi connectivity index (χ4n) is 2.32. The summed E-state index contributed by atoms with van der Waals surface area (Å²) < 4.78 is 10.5. The van der Waals surface area contributed by atoms with Crippen LogP contribution in [-0.4, -0.2) is 44.8 Å². The first-order chi connectivity index (χ1) is 10.7. The van der Waals surface area contributed by atoms with Crippen molar-refractivity contribution in [3.05, 3.63) is 23.8 Å². The maximum Gasteiger partial charge on any atom is 0.340 e. The maximum absolute atomic E-state index is 12.2. The van der Waals surface area contributed by atoms with Crippen LogP contribution in [0.3, 0.4) is 0 Å². The van der Waals surface area contributed by atoms with Gasteiger partial charge in [0.15, 0.2) is 0 Å². The first kappa shape index (κ1) is 16.3. The Balaban J connectivity index is 2.30. The highest BCUT2D eigenvalue weighted by Crippen LogP contribution is 2.26. The summed E-state index contributed by atoms with van der Waals surface area (Å²) in [6, 6.07) is 5.33. The van der Waals surface area contributed by atoms with Gasteiger partial charge in [0.2, 0.25) is 5.91 Å². The van der Waals surface area contributed by atoms with Crippen LogP contribution >= 0.6 is 0 Å². The van der Waals surface area contributed by atoms with Gasteiger partial charge in [-0.25, -0.2) is 4.79 Å². The Bertz CT molecular complexity index is 539. The number of hydrogen-bond acceptors (Lipinski definition) is 5. The minimum atomic E-state index is -0.378. The molecule has 0 unspecified atom stereocenters. The Hall–Kier alpha value is -2.08. The van der Waals surface area contributed by atoms with Gasteiger partial charge >= 0.3 is 5.97 Å². The van der Waals surface area contributed by atoms with Gasteiger partial charge in [-0.05, 0) is 25.1 Å². The SMILES string of the molecule is CCOC(=O)c1cc(NC(=O)CC)ccc1N1CCOCC1. The number of amides is 1. The molecule has 0 spiro atoms. The molecule has 1 fully saturated rings. The maximum atomic E-state index is 12.2. The second kappa shape index (κ2) is 7.79. The Morgan fingerprint density at radius 3 is 2.64 bits per heavy atom. The van der Waals surface area contributed by atoms with Crippen LogP contribution < -0.4 is 10.2 Å². The average Bonchev–Trinajstić information content (AvgIpc) is 2.55. The van der Waals surface area contributed by atoms with Gasteiger partial charge in [0, 0.05) is 25.2 Å². The van der Waals surface area contributed by atoms with Crippen LogP contribution in [-0.2, 0) is 14.3 Å². The molecule has 1 amide bonds. The number of esters is 1. The van der Waals surface area contributed by atoms with E-state index in [-0.39, 0.29) is 11.9 Å². The van der Waals surface area contributed by atoms with E-state index in [1.165, 1.54) is 0 Å². The lowest BCUT2D eigenvalue weighted by atomic mass is 10.1. The molecular weight excluding hydrogens is 284 g/mol. The molecule has 0 radical (unpaired) electrons. The summed E-state index contributed by atoms with van der Waals surface area (Å²) in [5, 5.41) is 2.77. The van der Waals surface area contributed by atoms with E-state index in [9.17, 15) is 9.59 Å².